The lowest BCUT2D eigenvalue weighted by Gasteiger charge is -2.19. The molecule has 0 radical (unpaired) electrons. The smallest absolute Gasteiger partial charge is 0.122 e. The van der Waals surface area contributed by atoms with Crippen LogP contribution >= 0.6 is 0 Å². The minimum atomic E-state index is 0.514. The van der Waals surface area contributed by atoms with Crippen LogP contribution in [0, 0.1) is 0 Å². The van der Waals surface area contributed by atoms with Crippen molar-refractivity contribution in [3.8, 4) is 5.75 Å². The molecule has 0 saturated heterocycles. The molecule has 0 heterocycles. The van der Waals surface area contributed by atoms with Gasteiger partial charge in [-0.1, -0.05) is 45.9 Å². The van der Waals surface area contributed by atoms with Gasteiger partial charge >= 0.3 is 0 Å². The van der Waals surface area contributed by atoms with E-state index < -0.39 is 0 Å². The number of hydrogen-bond acceptors (Lipinski definition) is 2. The third kappa shape index (κ3) is 4.39. The van der Waals surface area contributed by atoms with Gasteiger partial charge in [0, 0.05) is 6.54 Å². The van der Waals surface area contributed by atoms with Crippen LogP contribution in [0.4, 0.5) is 0 Å². The van der Waals surface area contributed by atoms with E-state index in [1.165, 1.54) is 5.56 Å². The van der Waals surface area contributed by atoms with Crippen LogP contribution in [0.3, 0.4) is 0 Å². The van der Waals surface area contributed by atoms with Crippen LogP contribution in [-0.4, -0.2) is 31.1 Å². The lowest BCUT2D eigenvalue weighted by molar-refractivity contribution is 0.221. The van der Waals surface area contributed by atoms with E-state index >= 15 is 0 Å². The number of nitrogens with zero attached hydrogens (tertiary/aromatic N) is 1. The topological polar surface area (TPSA) is 12.5 Å². The Morgan fingerprint density at radius 3 is 2.35 bits per heavy atom. The standard InChI is InChI=1S/C15H25NO/c1-5-16(6-2)11-12-17-15-10-8-7-9-14(15)13(3)4/h7-10,13H,5-6,11-12H2,1-4H3. The Balaban J connectivity index is 2.51. The van der Waals surface area contributed by atoms with Gasteiger partial charge in [0.15, 0.2) is 0 Å². The van der Waals surface area contributed by atoms with Gasteiger partial charge in [0.05, 0.1) is 0 Å². The monoisotopic (exact) mass is 235 g/mol. The molecular formula is C15H25NO. The number of benzene rings is 1. The van der Waals surface area contributed by atoms with Gasteiger partial charge in [0.1, 0.15) is 12.4 Å². The number of hydrogen-bond donors (Lipinski definition) is 0. The first-order chi connectivity index (χ1) is 8.19. The average molecular weight is 235 g/mol. The number of para-hydroxylation sites is 1. The van der Waals surface area contributed by atoms with Crippen LogP contribution in [0.1, 0.15) is 39.2 Å². The first-order valence-electron chi connectivity index (χ1n) is 6.63. The molecule has 0 aliphatic heterocycles. The maximum atomic E-state index is 5.89. The Morgan fingerprint density at radius 2 is 1.76 bits per heavy atom. The Kier molecular flexibility index (Phi) is 6.06. The Morgan fingerprint density at radius 1 is 1.12 bits per heavy atom. The highest BCUT2D eigenvalue weighted by Crippen LogP contribution is 2.25. The highest BCUT2D eigenvalue weighted by Gasteiger charge is 2.07. The molecule has 1 aromatic rings. The van der Waals surface area contributed by atoms with Crippen LogP contribution in [0.2, 0.25) is 0 Å². The van der Waals surface area contributed by atoms with Crippen LogP contribution < -0.4 is 4.74 Å². The summed E-state index contributed by atoms with van der Waals surface area (Å²) in [7, 11) is 0. The summed E-state index contributed by atoms with van der Waals surface area (Å²) in [5.74, 6) is 1.55. The molecule has 0 amide bonds. The summed E-state index contributed by atoms with van der Waals surface area (Å²) < 4.78 is 5.89. The fraction of sp³-hybridized carbons (Fsp3) is 0.600. The quantitative estimate of drug-likeness (QED) is 0.717. The molecule has 1 aromatic carbocycles. The van der Waals surface area contributed by atoms with Crippen molar-refractivity contribution in [1.82, 2.24) is 4.90 Å². The second-order valence-corrected chi connectivity index (χ2v) is 4.57. The summed E-state index contributed by atoms with van der Waals surface area (Å²) in [6.07, 6.45) is 0. The fourth-order valence-corrected chi connectivity index (χ4v) is 1.91. The van der Waals surface area contributed by atoms with Crippen LogP contribution in [0.5, 0.6) is 5.75 Å². The van der Waals surface area contributed by atoms with Gasteiger partial charge in [-0.3, -0.25) is 0 Å². The molecule has 2 nitrogen and oxygen atoms in total. The number of rotatable bonds is 7. The van der Waals surface area contributed by atoms with Crippen molar-refractivity contribution in [3.05, 3.63) is 29.8 Å². The first kappa shape index (κ1) is 14.0. The Bertz CT molecular complexity index is 318. The SMILES string of the molecule is CCN(CC)CCOc1ccccc1C(C)C. The molecule has 2 heteroatoms. The summed E-state index contributed by atoms with van der Waals surface area (Å²) in [5, 5.41) is 0. The summed E-state index contributed by atoms with van der Waals surface area (Å²) in [6, 6.07) is 8.33. The van der Waals surface area contributed by atoms with E-state index in [1.54, 1.807) is 0 Å². The number of ether oxygens (including phenoxy) is 1. The van der Waals surface area contributed by atoms with Crippen molar-refractivity contribution in [2.45, 2.75) is 33.6 Å². The molecule has 17 heavy (non-hydrogen) atoms. The second kappa shape index (κ2) is 7.33. The maximum Gasteiger partial charge on any atom is 0.122 e. The zero-order valence-corrected chi connectivity index (χ0v) is 11.6. The molecule has 96 valence electrons. The minimum Gasteiger partial charge on any atom is -0.492 e. The van der Waals surface area contributed by atoms with E-state index in [0.29, 0.717) is 5.92 Å². The van der Waals surface area contributed by atoms with Gasteiger partial charge in [-0.05, 0) is 30.6 Å². The van der Waals surface area contributed by atoms with Crippen LogP contribution in [0.25, 0.3) is 0 Å². The molecule has 1 rings (SSSR count). The highest BCUT2D eigenvalue weighted by atomic mass is 16.5. The predicted octanol–water partition coefficient (Wildman–Crippen LogP) is 3.53. The summed E-state index contributed by atoms with van der Waals surface area (Å²) >= 11 is 0. The van der Waals surface area contributed by atoms with Gasteiger partial charge in [-0.15, -0.1) is 0 Å². The summed E-state index contributed by atoms with van der Waals surface area (Å²) in [6.45, 7) is 12.7. The van der Waals surface area contributed by atoms with E-state index in [2.05, 4.69) is 50.8 Å². The first-order valence-corrected chi connectivity index (χ1v) is 6.63. The highest BCUT2D eigenvalue weighted by molar-refractivity contribution is 5.35. The van der Waals surface area contributed by atoms with Crippen molar-refractivity contribution in [2.75, 3.05) is 26.2 Å². The largest absolute Gasteiger partial charge is 0.492 e. The van der Waals surface area contributed by atoms with E-state index in [9.17, 15) is 0 Å². The average Bonchev–Trinajstić information content (AvgIpc) is 2.35. The normalized spacial score (nSPS) is 11.2. The number of likely N-dealkylation sites (N-methyl/N-ethyl adjacent to an activating group) is 1. The third-order valence-corrected chi connectivity index (χ3v) is 3.10. The van der Waals surface area contributed by atoms with Crippen LogP contribution in [-0.2, 0) is 0 Å². The molecule has 0 aromatic heterocycles. The molecule has 0 saturated carbocycles. The van der Waals surface area contributed by atoms with Gasteiger partial charge in [0.25, 0.3) is 0 Å². The molecule has 0 N–H and O–H groups in total. The zero-order chi connectivity index (χ0) is 12.7. The van der Waals surface area contributed by atoms with E-state index in [1.807, 2.05) is 6.07 Å². The Labute approximate surface area is 106 Å². The third-order valence-electron chi connectivity index (χ3n) is 3.10. The molecule has 0 unspecified atom stereocenters. The maximum absolute atomic E-state index is 5.89. The minimum absolute atomic E-state index is 0.514. The zero-order valence-electron chi connectivity index (χ0n) is 11.6. The summed E-state index contributed by atoms with van der Waals surface area (Å²) in [4.78, 5) is 2.37. The summed E-state index contributed by atoms with van der Waals surface area (Å²) in [5.41, 5.74) is 1.30. The lowest BCUT2D eigenvalue weighted by Crippen LogP contribution is -2.28. The Hall–Kier alpha value is -1.02. The molecule has 0 fully saturated rings. The molecule has 0 atom stereocenters. The lowest BCUT2D eigenvalue weighted by atomic mass is 10.0. The fourth-order valence-electron chi connectivity index (χ4n) is 1.91. The molecule has 0 aliphatic carbocycles. The van der Waals surface area contributed by atoms with Gasteiger partial charge < -0.3 is 9.64 Å². The van der Waals surface area contributed by atoms with E-state index in [0.717, 1.165) is 32.0 Å². The van der Waals surface area contributed by atoms with Gasteiger partial charge in [0.2, 0.25) is 0 Å². The van der Waals surface area contributed by atoms with Crippen molar-refractivity contribution >= 4 is 0 Å². The molecular weight excluding hydrogens is 210 g/mol. The van der Waals surface area contributed by atoms with Crippen molar-refractivity contribution in [1.29, 1.82) is 0 Å². The van der Waals surface area contributed by atoms with Crippen molar-refractivity contribution < 1.29 is 4.74 Å². The second-order valence-electron chi connectivity index (χ2n) is 4.57. The van der Waals surface area contributed by atoms with Crippen molar-refractivity contribution in [3.63, 3.8) is 0 Å². The van der Waals surface area contributed by atoms with Crippen LogP contribution in [0.15, 0.2) is 24.3 Å². The van der Waals surface area contributed by atoms with Gasteiger partial charge in [-0.2, -0.15) is 0 Å². The molecule has 0 spiro atoms. The van der Waals surface area contributed by atoms with Gasteiger partial charge in [-0.25, -0.2) is 0 Å². The molecule has 0 bridgehead atoms. The van der Waals surface area contributed by atoms with E-state index in [4.69, 9.17) is 4.74 Å². The molecule has 0 aliphatic rings. The predicted molar refractivity (Wildman–Crippen MR) is 73.8 cm³/mol. The van der Waals surface area contributed by atoms with Crippen molar-refractivity contribution in [2.24, 2.45) is 0 Å². The van der Waals surface area contributed by atoms with E-state index in [-0.39, 0.29) is 0 Å².